The molecule has 0 bridgehead atoms. The first kappa shape index (κ1) is 76.9. The van der Waals surface area contributed by atoms with Crippen LogP contribution in [-0.4, -0.2) is 37.2 Å². The molecule has 0 N–H and O–H groups in total. The number of hydrogen-bond donors (Lipinski definition) is 0. The third kappa shape index (κ3) is 65.7. The summed E-state index contributed by atoms with van der Waals surface area (Å²) >= 11 is 0. The summed E-state index contributed by atoms with van der Waals surface area (Å²) in [5.74, 6) is -0.862. The van der Waals surface area contributed by atoms with Crippen molar-refractivity contribution in [2.45, 2.75) is 367 Å². The first-order valence-corrected chi connectivity index (χ1v) is 34.9. The molecule has 0 spiro atoms. The molecule has 0 saturated carbocycles. The molecular formula is C74H132O6. The molecule has 6 nitrogen and oxygen atoms in total. The lowest BCUT2D eigenvalue weighted by Gasteiger charge is -2.18. The molecule has 0 aliphatic rings. The van der Waals surface area contributed by atoms with Crippen molar-refractivity contribution >= 4 is 17.9 Å². The average Bonchev–Trinajstić information content (AvgIpc) is 3.46. The zero-order chi connectivity index (χ0) is 57.8. The van der Waals surface area contributed by atoms with Crippen LogP contribution in [0.25, 0.3) is 0 Å². The van der Waals surface area contributed by atoms with Crippen LogP contribution in [0.1, 0.15) is 361 Å². The zero-order valence-electron chi connectivity index (χ0n) is 53.3. The van der Waals surface area contributed by atoms with Gasteiger partial charge in [0, 0.05) is 19.3 Å². The van der Waals surface area contributed by atoms with Gasteiger partial charge < -0.3 is 14.2 Å². The standard InChI is InChI=1S/C74H132O6/c1-4-7-10-13-16-19-22-25-27-29-31-33-34-35-36-37-38-39-40-42-43-45-47-49-52-55-58-61-64-67-73(76)79-70-71(69-78-72(75)66-63-60-57-54-51-24-21-18-15-12-9-6-3)80-74(77)68-65-62-59-56-53-50-48-46-44-41-32-30-28-26-23-20-17-14-11-8-5-2/h7,10,16,18-19,21,25,27,31,33,35-36,71H,4-6,8-9,11-15,17,20,22-24,26,28-30,32,34,37-70H2,1-3H3/b10-7-,19-16-,21-18-,27-25-,33-31-,36-35-. The van der Waals surface area contributed by atoms with Crippen molar-refractivity contribution in [2.24, 2.45) is 0 Å². The molecule has 1 atom stereocenters. The maximum Gasteiger partial charge on any atom is 0.306 e. The SMILES string of the molecule is CC/C=C\C/C=C\C/C=C\C/C=C\C/C=C\CCCCCCCCCCCCCCCC(=O)OCC(COC(=O)CCCCCCC/C=C\CCCCC)OC(=O)CCCCCCCCCCCCCCCCCCCCCCC. The molecule has 0 rings (SSSR count). The van der Waals surface area contributed by atoms with Gasteiger partial charge in [0.1, 0.15) is 13.2 Å². The predicted octanol–water partition coefficient (Wildman–Crippen LogP) is 24.1. The Morgan fingerprint density at radius 3 is 0.800 bits per heavy atom. The minimum absolute atomic E-state index is 0.0741. The van der Waals surface area contributed by atoms with Gasteiger partial charge in [-0.2, -0.15) is 0 Å². The van der Waals surface area contributed by atoms with E-state index in [0.29, 0.717) is 19.3 Å². The van der Waals surface area contributed by atoms with Crippen molar-refractivity contribution < 1.29 is 28.6 Å². The summed E-state index contributed by atoms with van der Waals surface area (Å²) in [5, 5.41) is 0. The van der Waals surface area contributed by atoms with Crippen LogP contribution in [0, 0.1) is 0 Å². The molecule has 0 aliphatic carbocycles. The first-order chi connectivity index (χ1) is 39.5. The van der Waals surface area contributed by atoms with E-state index in [1.165, 1.54) is 225 Å². The Morgan fingerprint density at radius 2 is 0.487 bits per heavy atom. The summed E-state index contributed by atoms with van der Waals surface area (Å²) < 4.78 is 17.0. The molecule has 0 aromatic carbocycles. The van der Waals surface area contributed by atoms with E-state index >= 15 is 0 Å². The van der Waals surface area contributed by atoms with Crippen LogP contribution in [-0.2, 0) is 28.6 Å². The lowest BCUT2D eigenvalue weighted by molar-refractivity contribution is -0.167. The molecule has 0 aromatic heterocycles. The Labute approximate surface area is 497 Å². The second-order valence-electron chi connectivity index (χ2n) is 23.4. The van der Waals surface area contributed by atoms with Gasteiger partial charge in [0.2, 0.25) is 0 Å². The van der Waals surface area contributed by atoms with Crippen molar-refractivity contribution in [1.82, 2.24) is 0 Å². The van der Waals surface area contributed by atoms with Crippen molar-refractivity contribution in [2.75, 3.05) is 13.2 Å². The van der Waals surface area contributed by atoms with Gasteiger partial charge >= 0.3 is 17.9 Å². The van der Waals surface area contributed by atoms with Crippen LogP contribution < -0.4 is 0 Å². The molecule has 0 heterocycles. The van der Waals surface area contributed by atoms with Crippen molar-refractivity contribution in [3.05, 3.63) is 72.9 Å². The van der Waals surface area contributed by atoms with Crippen LogP contribution in [0.2, 0.25) is 0 Å². The number of carbonyl (C=O) groups is 3. The van der Waals surface area contributed by atoms with E-state index in [1.54, 1.807) is 0 Å². The zero-order valence-corrected chi connectivity index (χ0v) is 53.3. The molecule has 0 aliphatic heterocycles. The quantitative estimate of drug-likeness (QED) is 0.0261. The van der Waals surface area contributed by atoms with E-state index in [2.05, 4.69) is 93.7 Å². The first-order valence-electron chi connectivity index (χ1n) is 34.9. The molecular weight excluding hydrogens is 985 g/mol. The van der Waals surface area contributed by atoms with Crippen molar-refractivity contribution in [3.63, 3.8) is 0 Å². The van der Waals surface area contributed by atoms with Crippen LogP contribution >= 0.6 is 0 Å². The van der Waals surface area contributed by atoms with E-state index in [0.717, 1.165) is 96.3 Å². The topological polar surface area (TPSA) is 78.9 Å². The lowest BCUT2D eigenvalue weighted by Crippen LogP contribution is -2.30. The second-order valence-corrected chi connectivity index (χ2v) is 23.4. The highest BCUT2D eigenvalue weighted by Crippen LogP contribution is 2.18. The molecule has 80 heavy (non-hydrogen) atoms. The van der Waals surface area contributed by atoms with Crippen LogP contribution in [0.15, 0.2) is 72.9 Å². The maximum absolute atomic E-state index is 12.9. The number of carbonyl (C=O) groups excluding carboxylic acids is 3. The van der Waals surface area contributed by atoms with E-state index in [4.69, 9.17) is 14.2 Å². The summed E-state index contributed by atoms with van der Waals surface area (Å²) in [6.45, 7) is 6.55. The Morgan fingerprint density at radius 1 is 0.263 bits per heavy atom. The van der Waals surface area contributed by atoms with Gasteiger partial charge in [-0.3, -0.25) is 14.4 Å². The summed E-state index contributed by atoms with van der Waals surface area (Å²) in [7, 11) is 0. The number of unbranched alkanes of at least 4 members (excludes halogenated alkanes) is 41. The van der Waals surface area contributed by atoms with E-state index < -0.39 is 6.10 Å². The van der Waals surface area contributed by atoms with E-state index in [1.807, 2.05) is 0 Å². The largest absolute Gasteiger partial charge is 0.462 e. The van der Waals surface area contributed by atoms with Crippen molar-refractivity contribution in [3.8, 4) is 0 Å². The third-order valence-corrected chi connectivity index (χ3v) is 15.4. The molecule has 1 unspecified atom stereocenters. The maximum atomic E-state index is 12.9. The molecule has 0 aromatic rings. The third-order valence-electron chi connectivity index (χ3n) is 15.4. The van der Waals surface area contributed by atoms with E-state index in [9.17, 15) is 14.4 Å². The second kappa shape index (κ2) is 68.3. The molecule has 0 fully saturated rings. The highest BCUT2D eigenvalue weighted by Gasteiger charge is 2.19. The highest BCUT2D eigenvalue weighted by molar-refractivity contribution is 5.71. The van der Waals surface area contributed by atoms with E-state index in [-0.39, 0.29) is 31.1 Å². The number of esters is 3. The number of rotatable bonds is 64. The highest BCUT2D eigenvalue weighted by atomic mass is 16.6. The van der Waals surface area contributed by atoms with Gasteiger partial charge in [-0.15, -0.1) is 0 Å². The van der Waals surface area contributed by atoms with Crippen LogP contribution in [0.4, 0.5) is 0 Å². The molecule has 0 saturated heterocycles. The van der Waals surface area contributed by atoms with Gasteiger partial charge in [-0.1, -0.05) is 325 Å². The summed E-state index contributed by atoms with van der Waals surface area (Å²) in [6.07, 6.45) is 89.3. The van der Waals surface area contributed by atoms with Gasteiger partial charge in [0.25, 0.3) is 0 Å². The fourth-order valence-corrected chi connectivity index (χ4v) is 10.2. The predicted molar refractivity (Wildman–Crippen MR) is 348 cm³/mol. The minimum atomic E-state index is -0.777. The van der Waals surface area contributed by atoms with Crippen molar-refractivity contribution in [1.29, 1.82) is 0 Å². The average molecular weight is 1120 g/mol. The summed E-state index contributed by atoms with van der Waals surface area (Å²) in [5.41, 5.74) is 0. The Bertz CT molecular complexity index is 1470. The molecule has 0 amide bonds. The minimum Gasteiger partial charge on any atom is -0.462 e. The summed E-state index contributed by atoms with van der Waals surface area (Å²) in [4.78, 5) is 38.4. The molecule has 6 heteroatoms. The smallest absolute Gasteiger partial charge is 0.306 e. The normalized spacial score (nSPS) is 12.5. The van der Waals surface area contributed by atoms with Gasteiger partial charge in [-0.25, -0.2) is 0 Å². The van der Waals surface area contributed by atoms with Gasteiger partial charge in [0.05, 0.1) is 0 Å². The van der Waals surface area contributed by atoms with Gasteiger partial charge in [-0.05, 0) is 89.9 Å². The Balaban J connectivity index is 4.21. The van der Waals surface area contributed by atoms with Crippen LogP contribution in [0.3, 0.4) is 0 Å². The number of allylic oxidation sites excluding steroid dienone is 12. The fourth-order valence-electron chi connectivity index (χ4n) is 10.2. The monoisotopic (exact) mass is 1120 g/mol. The Hall–Kier alpha value is -3.15. The lowest BCUT2D eigenvalue weighted by atomic mass is 10.0. The van der Waals surface area contributed by atoms with Crippen LogP contribution in [0.5, 0.6) is 0 Å². The summed E-state index contributed by atoms with van der Waals surface area (Å²) in [6, 6.07) is 0. The molecule has 0 radical (unpaired) electrons. The van der Waals surface area contributed by atoms with Gasteiger partial charge in [0.15, 0.2) is 6.10 Å². The number of ether oxygens (including phenoxy) is 3. The Kier molecular flexibility index (Phi) is 65.7. The fraction of sp³-hybridized carbons (Fsp3) is 0.797. The number of hydrogen-bond acceptors (Lipinski definition) is 6. The molecule has 464 valence electrons.